The molecule has 0 atom stereocenters. The van der Waals surface area contributed by atoms with Gasteiger partial charge in [0.2, 0.25) is 17.6 Å². The minimum atomic E-state index is -0.548. The van der Waals surface area contributed by atoms with Gasteiger partial charge in [0.15, 0.2) is 5.16 Å². The first-order chi connectivity index (χ1) is 15.4. The normalized spacial score (nSPS) is 11.2. The molecule has 0 radical (unpaired) electrons. The highest BCUT2D eigenvalue weighted by atomic mass is 32.2. The molecule has 4 rings (SSSR count). The van der Waals surface area contributed by atoms with E-state index < -0.39 is 11.7 Å². The van der Waals surface area contributed by atoms with Gasteiger partial charge >= 0.3 is 0 Å². The summed E-state index contributed by atoms with van der Waals surface area (Å²) >= 11 is 1.15. The quantitative estimate of drug-likeness (QED) is 0.425. The fraction of sp³-hybridized carbons (Fsp3) is 0.190. The maximum Gasteiger partial charge on any atom is 0.262 e. The maximum absolute atomic E-state index is 13.3. The van der Waals surface area contributed by atoms with Gasteiger partial charge in [-0.05, 0) is 36.4 Å². The number of carbonyl (C=O) groups is 2. The van der Waals surface area contributed by atoms with Gasteiger partial charge in [-0.1, -0.05) is 23.9 Å². The van der Waals surface area contributed by atoms with Crippen molar-refractivity contribution in [2.45, 2.75) is 11.6 Å². The maximum atomic E-state index is 13.3. The molecule has 0 aliphatic rings. The number of aryl methyl sites for hydroxylation is 1. The molecule has 32 heavy (non-hydrogen) atoms. The van der Waals surface area contributed by atoms with Crippen LogP contribution in [0.2, 0.25) is 0 Å². The van der Waals surface area contributed by atoms with Gasteiger partial charge in [-0.15, -0.1) is 10.2 Å². The summed E-state index contributed by atoms with van der Waals surface area (Å²) in [6.07, 6.45) is -0.0333. The van der Waals surface area contributed by atoms with Gasteiger partial charge in [0.05, 0.1) is 16.7 Å². The lowest BCUT2D eigenvalue weighted by Gasteiger charge is -2.22. The van der Waals surface area contributed by atoms with Crippen molar-refractivity contribution in [2.75, 3.05) is 17.2 Å². The Hall–Kier alpha value is -3.73. The molecule has 2 heterocycles. The number of primary amides is 1. The summed E-state index contributed by atoms with van der Waals surface area (Å²) in [5, 5.41) is 9.21. The van der Waals surface area contributed by atoms with E-state index in [1.165, 1.54) is 33.7 Å². The number of hydrogen-bond acceptors (Lipinski definition) is 6. The lowest BCUT2D eigenvalue weighted by Crippen LogP contribution is -2.35. The Kier molecular flexibility index (Phi) is 5.91. The number of benzene rings is 2. The fourth-order valence-electron chi connectivity index (χ4n) is 3.35. The summed E-state index contributed by atoms with van der Waals surface area (Å²) in [6, 6.07) is 12.5. The second-order valence-corrected chi connectivity index (χ2v) is 7.97. The number of fused-ring (bicyclic) bond motifs is 3. The number of thioether (sulfide) groups is 1. The molecule has 2 aromatic heterocycles. The Morgan fingerprint density at radius 3 is 2.56 bits per heavy atom. The van der Waals surface area contributed by atoms with Gasteiger partial charge in [0.25, 0.3) is 5.56 Å². The average Bonchev–Trinajstić information content (AvgIpc) is 3.21. The number of aromatic nitrogens is 4. The summed E-state index contributed by atoms with van der Waals surface area (Å²) in [4.78, 5) is 38.2. The second kappa shape index (κ2) is 8.79. The number of rotatable bonds is 7. The van der Waals surface area contributed by atoms with Crippen molar-refractivity contribution >= 4 is 45.9 Å². The molecule has 0 spiro atoms. The Morgan fingerprint density at radius 1 is 1.12 bits per heavy atom. The average molecular weight is 454 g/mol. The zero-order valence-corrected chi connectivity index (χ0v) is 17.9. The van der Waals surface area contributed by atoms with Gasteiger partial charge in [-0.3, -0.25) is 23.4 Å². The monoisotopic (exact) mass is 454 g/mol. The van der Waals surface area contributed by atoms with Crippen LogP contribution in [0.25, 0.3) is 16.7 Å². The predicted octanol–water partition coefficient (Wildman–Crippen LogP) is 1.72. The van der Waals surface area contributed by atoms with Crippen LogP contribution in [0.4, 0.5) is 10.1 Å². The Bertz CT molecular complexity index is 1380. The van der Waals surface area contributed by atoms with Gasteiger partial charge in [0, 0.05) is 25.7 Å². The summed E-state index contributed by atoms with van der Waals surface area (Å²) in [7, 11) is 1.61. The molecule has 0 aliphatic heterocycles. The van der Waals surface area contributed by atoms with Crippen molar-refractivity contribution in [2.24, 2.45) is 12.8 Å². The molecule has 164 valence electrons. The van der Waals surface area contributed by atoms with E-state index >= 15 is 0 Å². The van der Waals surface area contributed by atoms with E-state index in [-0.39, 0.29) is 30.2 Å². The summed E-state index contributed by atoms with van der Waals surface area (Å²) in [5.74, 6) is -0.957. The number of halogens is 1. The number of para-hydroxylation sites is 1. The highest BCUT2D eigenvalue weighted by Crippen LogP contribution is 2.23. The van der Waals surface area contributed by atoms with E-state index in [9.17, 15) is 18.8 Å². The van der Waals surface area contributed by atoms with E-state index in [2.05, 4.69) is 10.2 Å². The molecular weight excluding hydrogens is 435 g/mol. The third-order valence-corrected chi connectivity index (χ3v) is 5.86. The third kappa shape index (κ3) is 4.06. The van der Waals surface area contributed by atoms with E-state index in [0.717, 1.165) is 11.8 Å². The van der Waals surface area contributed by atoms with Gasteiger partial charge in [-0.2, -0.15) is 0 Å². The predicted molar refractivity (Wildman–Crippen MR) is 119 cm³/mol. The molecule has 2 aromatic carbocycles. The van der Waals surface area contributed by atoms with Crippen molar-refractivity contribution in [3.05, 3.63) is 64.7 Å². The number of nitrogens with two attached hydrogens (primary N) is 1. The smallest absolute Gasteiger partial charge is 0.262 e. The minimum Gasteiger partial charge on any atom is -0.370 e. The standard InChI is InChI=1S/C21H19FN6O3S/c1-26-19(31)15-4-2-3-5-16(15)28-20(26)24-25-21(28)32-12-18(30)27(11-10-17(23)29)14-8-6-13(22)7-9-14/h2-9H,10-12H2,1H3,(H2,23,29). The minimum absolute atomic E-state index is 0.0197. The Morgan fingerprint density at radius 2 is 1.84 bits per heavy atom. The number of carbonyl (C=O) groups excluding carboxylic acids is 2. The SMILES string of the molecule is Cn1c(=O)c2ccccc2n2c(SCC(=O)N(CCC(N)=O)c3ccc(F)cc3)nnc12. The fourth-order valence-corrected chi connectivity index (χ4v) is 4.17. The van der Waals surface area contributed by atoms with Crippen LogP contribution in [0, 0.1) is 5.82 Å². The van der Waals surface area contributed by atoms with Gasteiger partial charge in [-0.25, -0.2) is 4.39 Å². The Balaban J connectivity index is 1.64. The highest BCUT2D eigenvalue weighted by molar-refractivity contribution is 7.99. The van der Waals surface area contributed by atoms with Crippen molar-refractivity contribution in [3.8, 4) is 0 Å². The molecule has 0 fully saturated rings. The number of amides is 2. The first-order valence-electron chi connectivity index (χ1n) is 9.66. The highest BCUT2D eigenvalue weighted by Gasteiger charge is 2.20. The van der Waals surface area contributed by atoms with Crippen LogP contribution in [-0.4, -0.2) is 43.3 Å². The van der Waals surface area contributed by atoms with Crippen molar-refractivity contribution < 1.29 is 14.0 Å². The molecule has 0 saturated carbocycles. The zero-order valence-electron chi connectivity index (χ0n) is 17.1. The van der Waals surface area contributed by atoms with E-state index in [0.29, 0.717) is 27.5 Å². The molecule has 9 nitrogen and oxygen atoms in total. The molecule has 0 unspecified atom stereocenters. The molecule has 2 N–H and O–H groups in total. The zero-order chi connectivity index (χ0) is 22.8. The van der Waals surface area contributed by atoms with Crippen LogP contribution < -0.4 is 16.2 Å². The molecule has 0 aliphatic carbocycles. The van der Waals surface area contributed by atoms with Crippen LogP contribution in [0.1, 0.15) is 6.42 Å². The number of nitrogens with zero attached hydrogens (tertiary/aromatic N) is 5. The first-order valence-corrected chi connectivity index (χ1v) is 10.7. The molecule has 2 amide bonds. The molecule has 11 heteroatoms. The summed E-state index contributed by atoms with van der Waals surface area (Å²) < 4.78 is 16.4. The first kappa shape index (κ1) is 21.5. The summed E-state index contributed by atoms with van der Waals surface area (Å²) in [5.41, 5.74) is 6.14. The van der Waals surface area contributed by atoms with Crippen molar-refractivity contribution in [3.63, 3.8) is 0 Å². The van der Waals surface area contributed by atoms with Crippen LogP contribution in [0.15, 0.2) is 58.5 Å². The van der Waals surface area contributed by atoms with Crippen molar-refractivity contribution in [1.82, 2.24) is 19.2 Å². The van der Waals surface area contributed by atoms with Gasteiger partial charge in [0.1, 0.15) is 5.82 Å². The second-order valence-electron chi connectivity index (χ2n) is 7.03. The molecule has 4 aromatic rings. The molecule has 0 saturated heterocycles. The van der Waals surface area contributed by atoms with Crippen LogP contribution in [0.3, 0.4) is 0 Å². The number of hydrogen-bond donors (Lipinski definition) is 1. The van der Waals surface area contributed by atoms with E-state index in [1.54, 1.807) is 35.7 Å². The van der Waals surface area contributed by atoms with E-state index in [1.807, 2.05) is 0 Å². The number of anilines is 1. The van der Waals surface area contributed by atoms with Crippen LogP contribution >= 0.6 is 11.8 Å². The van der Waals surface area contributed by atoms with Gasteiger partial charge < -0.3 is 10.6 Å². The van der Waals surface area contributed by atoms with Crippen LogP contribution in [-0.2, 0) is 16.6 Å². The topological polar surface area (TPSA) is 116 Å². The van der Waals surface area contributed by atoms with Crippen molar-refractivity contribution in [1.29, 1.82) is 0 Å². The third-order valence-electron chi connectivity index (χ3n) is 4.94. The van der Waals surface area contributed by atoms with Crippen LogP contribution in [0.5, 0.6) is 0 Å². The lowest BCUT2D eigenvalue weighted by atomic mass is 10.2. The molecular formula is C21H19FN6O3S. The summed E-state index contributed by atoms with van der Waals surface area (Å²) in [6.45, 7) is 0.0678. The van der Waals surface area contributed by atoms with E-state index in [4.69, 9.17) is 5.73 Å². The largest absolute Gasteiger partial charge is 0.370 e. The Labute approximate surface area is 185 Å². The molecule has 0 bridgehead atoms. The lowest BCUT2D eigenvalue weighted by molar-refractivity contribution is -0.118.